The van der Waals surface area contributed by atoms with Gasteiger partial charge in [-0.3, -0.25) is 4.79 Å². The van der Waals surface area contributed by atoms with E-state index in [-0.39, 0.29) is 31.2 Å². The number of ether oxygens (including phenoxy) is 4. The second-order valence-corrected chi connectivity index (χ2v) is 6.77. The first-order chi connectivity index (χ1) is 12.8. The molecule has 2 aliphatic rings. The molecule has 136 valence electrons. The predicted molar refractivity (Wildman–Crippen MR) is 94.3 cm³/mol. The Morgan fingerprint density at radius 2 is 1.54 bits per heavy atom. The minimum atomic E-state index is -0.743. The van der Waals surface area contributed by atoms with E-state index in [1.54, 1.807) is 0 Å². The van der Waals surface area contributed by atoms with Crippen LogP contribution < -0.4 is 0 Å². The molecule has 2 aromatic rings. The van der Waals surface area contributed by atoms with E-state index in [4.69, 9.17) is 18.9 Å². The molecule has 2 aromatic carbocycles. The van der Waals surface area contributed by atoms with E-state index in [1.807, 2.05) is 60.7 Å². The standard InChI is InChI=1S/C21H22O5/c22-19-11-21(15-25-19)20(24-13-17-9-5-2-6-10-17)18(14-26-21)23-12-16-7-3-1-4-8-16/h1-10,18,20H,11-15H2/t18-,20-,21+/m0/s1. The highest BCUT2D eigenvalue weighted by Gasteiger charge is 2.57. The molecule has 5 nitrogen and oxygen atoms in total. The SMILES string of the molecule is O=C1C[C@]2(CO1)OC[C@H](OCc1ccccc1)[C@@H]2OCc1ccccc1. The monoisotopic (exact) mass is 354 g/mol. The molecule has 4 rings (SSSR count). The molecule has 0 aromatic heterocycles. The van der Waals surface area contributed by atoms with Crippen molar-refractivity contribution in [3.8, 4) is 0 Å². The highest BCUT2D eigenvalue weighted by Crippen LogP contribution is 2.38. The Morgan fingerprint density at radius 3 is 2.12 bits per heavy atom. The van der Waals surface area contributed by atoms with Gasteiger partial charge < -0.3 is 18.9 Å². The van der Waals surface area contributed by atoms with Crippen LogP contribution in [0.5, 0.6) is 0 Å². The summed E-state index contributed by atoms with van der Waals surface area (Å²) in [6.45, 7) is 1.53. The molecule has 0 bridgehead atoms. The van der Waals surface area contributed by atoms with E-state index < -0.39 is 5.60 Å². The van der Waals surface area contributed by atoms with Crippen LogP contribution in [0.2, 0.25) is 0 Å². The van der Waals surface area contributed by atoms with Crippen LogP contribution in [0, 0.1) is 0 Å². The number of esters is 1. The van der Waals surface area contributed by atoms with Gasteiger partial charge in [0.1, 0.15) is 24.4 Å². The van der Waals surface area contributed by atoms with Gasteiger partial charge in [0, 0.05) is 0 Å². The topological polar surface area (TPSA) is 54.0 Å². The third-order valence-corrected chi connectivity index (χ3v) is 4.89. The van der Waals surface area contributed by atoms with Crippen molar-refractivity contribution in [2.75, 3.05) is 13.2 Å². The van der Waals surface area contributed by atoms with Crippen molar-refractivity contribution in [3.63, 3.8) is 0 Å². The maximum absolute atomic E-state index is 11.7. The van der Waals surface area contributed by atoms with Gasteiger partial charge in [0.05, 0.1) is 26.2 Å². The van der Waals surface area contributed by atoms with E-state index >= 15 is 0 Å². The van der Waals surface area contributed by atoms with Crippen LogP contribution in [0.1, 0.15) is 17.5 Å². The molecule has 0 unspecified atom stereocenters. The van der Waals surface area contributed by atoms with E-state index in [2.05, 4.69) is 0 Å². The van der Waals surface area contributed by atoms with E-state index in [0.717, 1.165) is 11.1 Å². The summed E-state index contributed by atoms with van der Waals surface area (Å²) in [5, 5.41) is 0. The molecule has 2 heterocycles. The van der Waals surface area contributed by atoms with Gasteiger partial charge in [0.2, 0.25) is 0 Å². The average molecular weight is 354 g/mol. The molecule has 0 N–H and O–H groups in total. The molecule has 0 saturated carbocycles. The second-order valence-electron chi connectivity index (χ2n) is 6.77. The van der Waals surface area contributed by atoms with Gasteiger partial charge in [-0.15, -0.1) is 0 Å². The highest BCUT2D eigenvalue weighted by molar-refractivity contribution is 5.73. The van der Waals surface area contributed by atoms with Crippen molar-refractivity contribution in [1.29, 1.82) is 0 Å². The summed E-state index contributed by atoms with van der Waals surface area (Å²) in [6.07, 6.45) is -0.385. The summed E-state index contributed by atoms with van der Waals surface area (Å²) in [7, 11) is 0. The van der Waals surface area contributed by atoms with Gasteiger partial charge in [0.15, 0.2) is 0 Å². The molecular weight excluding hydrogens is 332 g/mol. The average Bonchev–Trinajstić information content (AvgIpc) is 3.23. The number of rotatable bonds is 6. The normalized spacial score (nSPS) is 27.8. The van der Waals surface area contributed by atoms with Crippen molar-refractivity contribution in [2.24, 2.45) is 0 Å². The molecular formula is C21H22O5. The predicted octanol–water partition coefficient (Wildman–Crippen LogP) is 2.87. The summed E-state index contributed by atoms with van der Waals surface area (Å²) in [4.78, 5) is 11.7. The molecule has 2 fully saturated rings. The lowest BCUT2D eigenvalue weighted by molar-refractivity contribution is -0.138. The molecule has 2 saturated heterocycles. The Kier molecular flexibility index (Phi) is 5.02. The Morgan fingerprint density at radius 1 is 0.923 bits per heavy atom. The number of cyclic esters (lactones) is 1. The van der Waals surface area contributed by atoms with Crippen molar-refractivity contribution in [1.82, 2.24) is 0 Å². The van der Waals surface area contributed by atoms with E-state index in [0.29, 0.717) is 19.8 Å². The number of carbonyl (C=O) groups is 1. The Hall–Kier alpha value is -2.21. The van der Waals surface area contributed by atoms with Crippen LogP contribution in [0.25, 0.3) is 0 Å². The summed E-state index contributed by atoms with van der Waals surface area (Å²) in [5.74, 6) is -0.248. The van der Waals surface area contributed by atoms with Crippen LogP contribution in [0.3, 0.4) is 0 Å². The minimum Gasteiger partial charge on any atom is -0.462 e. The Labute approximate surface area is 152 Å². The zero-order valence-corrected chi connectivity index (χ0v) is 14.5. The maximum Gasteiger partial charge on any atom is 0.309 e. The lowest BCUT2D eigenvalue weighted by Crippen LogP contribution is -2.46. The molecule has 0 aliphatic carbocycles. The quantitative estimate of drug-likeness (QED) is 0.747. The first-order valence-corrected chi connectivity index (χ1v) is 8.86. The van der Waals surface area contributed by atoms with Crippen LogP contribution in [0.4, 0.5) is 0 Å². The van der Waals surface area contributed by atoms with Gasteiger partial charge in [-0.2, -0.15) is 0 Å². The first kappa shape index (κ1) is 17.2. The molecule has 3 atom stereocenters. The van der Waals surface area contributed by atoms with Gasteiger partial charge >= 0.3 is 5.97 Å². The molecule has 5 heteroatoms. The smallest absolute Gasteiger partial charge is 0.309 e. The zero-order chi connectivity index (χ0) is 17.8. The fourth-order valence-electron chi connectivity index (χ4n) is 3.51. The first-order valence-electron chi connectivity index (χ1n) is 8.86. The number of benzene rings is 2. The van der Waals surface area contributed by atoms with Gasteiger partial charge in [-0.1, -0.05) is 60.7 Å². The van der Waals surface area contributed by atoms with Crippen molar-refractivity contribution >= 4 is 5.97 Å². The zero-order valence-electron chi connectivity index (χ0n) is 14.5. The third kappa shape index (κ3) is 3.65. The minimum absolute atomic E-state index is 0.206. The molecule has 2 aliphatic heterocycles. The lowest BCUT2D eigenvalue weighted by Gasteiger charge is -2.29. The van der Waals surface area contributed by atoms with Crippen molar-refractivity contribution < 1.29 is 23.7 Å². The van der Waals surface area contributed by atoms with Crippen LogP contribution in [-0.4, -0.2) is 37.0 Å². The Bertz CT molecular complexity index is 733. The summed E-state index contributed by atoms with van der Waals surface area (Å²) in [6, 6.07) is 19.9. The van der Waals surface area contributed by atoms with Crippen molar-refractivity contribution in [3.05, 3.63) is 71.8 Å². The van der Waals surface area contributed by atoms with Crippen LogP contribution in [-0.2, 0) is 37.0 Å². The maximum atomic E-state index is 11.7. The van der Waals surface area contributed by atoms with Gasteiger partial charge in [-0.25, -0.2) is 0 Å². The highest BCUT2D eigenvalue weighted by atomic mass is 16.6. The fraction of sp³-hybridized carbons (Fsp3) is 0.381. The largest absolute Gasteiger partial charge is 0.462 e. The fourth-order valence-corrected chi connectivity index (χ4v) is 3.51. The van der Waals surface area contributed by atoms with E-state index in [1.165, 1.54) is 0 Å². The third-order valence-electron chi connectivity index (χ3n) is 4.89. The molecule has 26 heavy (non-hydrogen) atoms. The summed E-state index contributed by atoms with van der Waals surface area (Å²) in [5.41, 5.74) is 1.42. The number of hydrogen-bond donors (Lipinski definition) is 0. The van der Waals surface area contributed by atoms with Crippen LogP contribution >= 0.6 is 0 Å². The van der Waals surface area contributed by atoms with E-state index in [9.17, 15) is 4.79 Å². The van der Waals surface area contributed by atoms with Gasteiger partial charge in [0.25, 0.3) is 0 Å². The molecule has 1 spiro atoms. The second kappa shape index (κ2) is 7.58. The van der Waals surface area contributed by atoms with Crippen LogP contribution in [0.15, 0.2) is 60.7 Å². The molecule has 0 radical (unpaired) electrons. The van der Waals surface area contributed by atoms with Gasteiger partial charge in [-0.05, 0) is 11.1 Å². The number of hydrogen-bond acceptors (Lipinski definition) is 5. The van der Waals surface area contributed by atoms with Crippen molar-refractivity contribution in [2.45, 2.75) is 37.4 Å². The summed E-state index contributed by atoms with van der Waals surface area (Å²) >= 11 is 0. The lowest BCUT2D eigenvalue weighted by atomic mass is 9.94. The Balaban J connectivity index is 1.46. The number of carbonyl (C=O) groups excluding carboxylic acids is 1. The summed E-state index contributed by atoms with van der Waals surface area (Å²) < 4.78 is 23.5. The molecule has 0 amide bonds.